The normalized spacial score (nSPS) is 38.2. The van der Waals surface area contributed by atoms with E-state index in [1.807, 2.05) is 5.32 Å². The summed E-state index contributed by atoms with van der Waals surface area (Å²) in [5.74, 6) is -6.80. The van der Waals surface area contributed by atoms with Crippen LogP contribution >= 0.6 is 0 Å². The molecule has 15 atom stereocenters. The minimum atomic E-state index is -5.19. The first-order chi connectivity index (χ1) is 25.9. The van der Waals surface area contributed by atoms with Gasteiger partial charge in [0.2, 0.25) is 11.8 Å². The fraction of sp³-hybridized carbons (Fsp3) is 0.886. The third-order valence-electron chi connectivity index (χ3n) is 11.1. The summed E-state index contributed by atoms with van der Waals surface area (Å²) in [7, 11) is 0. The minimum absolute atomic E-state index is 0.0115. The number of rotatable bonds is 15. The van der Waals surface area contributed by atoms with Gasteiger partial charge < -0.3 is 65.0 Å². The fourth-order valence-corrected chi connectivity index (χ4v) is 7.99. The van der Waals surface area contributed by atoms with E-state index < -0.39 is 134 Å². The summed E-state index contributed by atoms with van der Waals surface area (Å²) < 4.78 is 69.1. The number of carbonyl (C=O) groups is 4. The minimum Gasteiger partial charge on any atom is -0.479 e. The van der Waals surface area contributed by atoms with Gasteiger partial charge in [-0.2, -0.15) is 13.2 Å². The van der Waals surface area contributed by atoms with Crippen LogP contribution in [0.2, 0.25) is 0 Å². The predicted octanol–water partition coefficient (Wildman–Crippen LogP) is -0.340. The number of Topliss-reactive ketones (excluding diaryl/α,β-unsaturated/α-hetero) is 1. The summed E-state index contributed by atoms with van der Waals surface area (Å²) in [6.07, 6.45) is -18.4. The molecule has 4 rings (SSSR count). The highest BCUT2D eigenvalue weighted by molar-refractivity contribution is 5.90. The monoisotopic (exact) mass is 800 g/mol. The maximum absolute atomic E-state index is 13.3. The Labute approximate surface area is 316 Å². The number of aliphatic hydroxyl groups excluding tert-OH is 5. The standard InChI is InChI=1S/C35H55F3N2O15/c1-4-18-11-19(31(48)39-13-23(43)35(36,37)38)12-20(29(18)55-34-28(47)27(46)25(44)15(2)51-34)53-33-24(40-16(3)42)30(26(45)22(14-41)54-33)52-21(32(49)50)10-17-8-6-5-7-9-17/h15,17-22,24-30,33-34,41,44-47H,4-14H2,1-3H3,(H,39,48)(H,40,42)(H,49,50)/t15?,18-,19?,20?,21+,22+,24?,25?,26?,27?,28?,29?,30?,33-,34?/m1/s1. The summed E-state index contributed by atoms with van der Waals surface area (Å²) in [6, 6.07) is -1.43. The summed E-state index contributed by atoms with van der Waals surface area (Å²) >= 11 is 0. The van der Waals surface area contributed by atoms with E-state index in [0.29, 0.717) is 0 Å². The van der Waals surface area contributed by atoms with Gasteiger partial charge in [0.25, 0.3) is 5.78 Å². The van der Waals surface area contributed by atoms with Crippen molar-refractivity contribution in [1.82, 2.24) is 10.6 Å². The highest BCUT2D eigenvalue weighted by Gasteiger charge is 2.53. The van der Waals surface area contributed by atoms with Crippen LogP contribution in [0.3, 0.4) is 0 Å². The summed E-state index contributed by atoms with van der Waals surface area (Å²) in [5, 5.41) is 67.8. The number of carboxylic acid groups (broad SMARTS) is 1. The SMILES string of the molecule is CC[C@@H]1CC(C(=O)NCC(=O)C(F)(F)F)CC(O[C@@H]2O[C@@H](CO)C(O)C(O[C@@H](CC3CCCCC3)C(=O)O)C2NC(C)=O)C1OC1OC(C)C(O)C(O)C1O. The molecule has 0 radical (unpaired) electrons. The molecule has 0 aromatic heterocycles. The number of ether oxygens (including phenoxy) is 5. The Morgan fingerprint density at radius 3 is 2.15 bits per heavy atom. The van der Waals surface area contributed by atoms with E-state index in [2.05, 4.69) is 5.32 Å². The Hall–Kier alpha value is -2.53. The van der Waals surface area contributed by atoms with Crippen LogP contribution in [0.1, 0.15) is 78.6 Å². The largest absolute Gasteiger partial charge is 0.479 e. The van der Waals surface area contributed by atoms with Gasteiger partial charge in [-0.15, -0.1) is 0 Å². The highest BCUT2D eigenvalue weighted by Crippen LogP contribution is 2.40. The van der Waals surface area contributed by atoms with E-state index >= 15 is 0 Å². The molecule has 4 aliphatic rings. The number of aliphatic carboxylic acids is 1. The lowest BCUT2D eigenvalue weighted by Gasteiger charge is -2.49. The van der Waals surface area contributed by atoms with Crippen LogP contribution in [-0.2, 0) is 42.9 Å². The van der Waals surface area contributed by atoms with Gasteiger partial charge in [0.15, 0.2) is 18.7 Å². The maximum atomic E-state index is 13.3. The van der Waals surface area contributed by atoms with Gasteiger partial charge >= 0.3 is 12.1 Å². The summed E-state index contributed by atoms with van der Waals surface area (Å²) in [4.78, 5) is 49.9. The van der Waals surface area contributed by atoms with Crippen molar-refractivity contribution in [2.24, 2.45) is 17.8 Å². The average molecular weight is 801 g/mol. The first-order valence-electron chi connectivity index (χ1n) is 18.8. The molecule has 2 aliphatic heterocycles. The Morgan fingerprint density at radius 1 is 0.891 bits per heavy atom. The molecule has 0 aromatic carbocycles. The number of aliphatic hydroxyl groups is 5. The number of alkyl halides is 3. The van der Waals surface area contributed by atoms with Crippen molar-refractivity contribution in [1.29, 1.82) is 0 Å². The van der Waals surface area contributed by atoms with E-state index in [4.69, 9.17) is 23.7 Å². The van der Waals surface area contributed by atoms with Gasteiger partial charge in [-0.25, -0.2) is 4.79 Å². The van der Waals surface area contributed by atoms with Crippen LogP contribution in [0.25, 0.3) is 0 Å². The van der Waals surface area contributed by atoms with Crippen LogP contribution in [0, 0.1) is 17.8 Å². The van der Waals surface area contributed by atoms with Gasteiger partial charge in [0.05, 0.1) is 31.5 Å². The first kappa shape index (κ1) is 45.2. The second-order valence-electron chi connectivity index (χ2n) is 15.0. The molecular formula is C35H55F3N2O15. The van der Waals surface area contributed by atoms with Gasteiger partial charge in [0.1, 0.15) is 42.7 Å². The molecule has 11 unspecified atom stereocenters. The van der Waals surface area contributed by atoms with Crippen LogP contribution < -0.4 is 10.6 Å². The van der Waals surface area contributed by atoms with E-state index in [9.17, 15) is 63.0 Å². The lowest BCUT2D eigenvalue weighted by molar-refractivity contribution is -0.338. The number of hydrogen-bond acceptors (Lipinski definition) is 14. The summed E-state index contributed by atoms with van der Waals surface area (Å²) in [6.45, 7) is 2.15. The van der Waals surface area contributed by atoms with Crippen molar-refractivity contribution >= 4 is 23.6 Å². The lowest BCUT2D eigenvalue weighted by Crippen LogP contribution is -2.67. The molecule has 2 saturated carbocycles. The van der Waals surface area contributed by atoms with Crippen molar-refractivity contribution in [2.75, 3.05) is 13.2 Å². The molecule has 17 nitrogen and oxygen atoms in total. The Balaban J connectivity index is 1.67. The maximum Gasteiger partial charge on any atom is 0.451 e. The zero-order chi connectivity index (χ0) is 40.8. The van der Waals surface area contributed by atoms with Gasteiger partial charge in [0, 0.05) is 12.8 Å². The van der Waals surface area contributed by atoms with Crippen LogP contribution in [0.4, 0.5) is 13.2 Å². The van der Waals surface area contributed by atoms with Crippen molar-refractivity contribution < 1.29 is 86.7 Å². The van der Waals surface area contributed by atoms with Crippen molar-refractivity contribution in [3.05, 3.63) is 0 Å². The molecule has 2 saturated heterocycles. The number of carboxylic acids is 1. The van der Waals surface area contributed by atoms with Crippen molar-refractivity contribution in [2.45, 2.75) is 164 Å². The molecule has 0 aromatic rings. The molecule has 316 valence electrons. The molecule has 0 bridgehead atoms. The highest BCUT2D eigenvalue weighted by atomic mass is 19.4. The molecular weight excluding hydrogens is 745 g/mol. The van der Waals surface area contributed by atoms with E-state index in [-0.39, 0.29) is 31.6 Å². The van der Waals surface area contributed by atoms with E-state index in [1.54, 1.807) is 6.92 Å². The van der Waals surface area contributed by atoms with Gasteiger partial charge in [-0.3, -0.25) is 14.4 Å². The molecule has 2 amide bonds. The number of nitrogens with one attached hydrogen (secondary N) is 2. The van der Waals surface area contributed by atoms with Crippen molar-refractivity contribution in [3.63, 3.8) is 0 Å². The quantitative estimate of drug-likeness (QED) is 0.105. The number of hydrogen-bond donors (Lipinski definition) is 8. The second-order valence-corrected chi connectivity index (χ2v) is 15.0. The smallest absolute Gasteiger partial charge is 0.451 e. The average Bonchev–Trinajstić information content (AvgIpc) is 3.13. The van der Waals surface area contributed by atoms with Crippen LogP contribution in [0.15, 0.2) is 0 Å². The zero-order valence-electron chi connectivity index (χ0n) is 31.0. The Morgan fingerprint density at radius 2 is 1.56 bits per heavy atom. The second kappa shape index (κ2) is 19.8. The Bertz CT molecular complexity index is 1310. The number of amides is 2. The molecule has 0 spiro atoms. The lowest BCUT2D eigenvalue weighted by atomic mass is 9.75. The Kier molecular flexibility index (Phi) is 16.2. The molecule has 4 fully saturated rings. The van der Waals surface area contributed by atoms with Gasteiger partial charge in [-0.05, 0) is 38.0 Å². The van der Waals surface area contributed by atoms with Crippen LogP contribution in [-0.4, -0.2) is 153 Å². The molecule has 2 aliphatic carbocycles. The molecule has 55 heavy (non-hydrogen) atoms. The molecule has 2 heterocycles. The summed E-state index contributed by atoms with van der Waals surface area (Å²) in [5.41, 5.74) is 0. The zero-order valence-corrected chi connectivity index (χ0v) is 31.0. The number of halogens is 3. The van der Waals surface area contributed by atoms with Crippen LogP contribution in [0.5, 0.6) is 0 Å². The molecule has 20 heteroatoms. The fourth-order valence-electron chi connectivity index (χ4n) is 7.99. The third-order valence-corrected chi connectivity index (χ3v) is 11.1. The third kappa shape index (κ3) is 11.5. The number of carbonyl (C=O) groups excluding carboxylic acids is 3. The number of ketones is 1. The van der Waals surface area contributed by atoms with E-state index in [1.165, 1.54) is 6.92 Å². The predicted molar refractivity (Wildman–Crippen MR) is 180 cm³/mol. The van der Waals surface area contributed by atoms with Gasteiger partial charge in [-0.1, -0.05) is 45.4 Å². The topological polar surface area (TPSA) is 260 Å². The molecule has 8 N–H and O–H groups in total. The van der Waals surface area contributed by atoms with Crippen molar-refractivity contribution in [3.8, 4) is 0 Å². The first-order valence-corrected chi connectivity index (χ1v) is 18.8. The van der Waals surface area contributed by atoms with E-state index in [0.717, 1.165) is 39.0 Å².